The number of amides is 1. The predicted octanol–water partition coefficient (Wildman–Crippen LogP) is 2.32. The molecule has 1 amide bonds. The first-order valence-electron chi connectivity index (χ1n) is 8.95. The van der Waals surface area contributed by atoms with Gasteiger partial charge in [0.25, 0.3) is 5.91 Å². The maximum absolute atomic E-state index is 12.7. The van der Waals surface area contributed by atoms with Crippen LogP contribution in [-0.2, 0) is 18.3 Å². The Morgan fingerprint density at radius 1 is 1.19 bits per heavy atom. The molecule has 1 fully saturated rings. The molecule has 3 rings (SSSR count). The molecule has 0 saturated carbocycles. The fourth-order valence-corrected chi connectivity index (χ4v) is 3.52. The number of aryl methyl sites for hydroxylation is 1. The molecule has 0 aliphatic carbocycles. The van der Waals surface area contributed by atoms with Crippen molar-refractivity contribution in [2.45, 2.75) is 13.5 Å². The monoisotopic (exact) mass is 434 g/mol. The van der Waals surface area contributed by atoms with Gasteiger partial charge >= 0.3 is 5.97 Å². The van der Waals surface area contributed by atoms with E-state index < -0.39 is 5.97 Å². The number of esters is 1. The van der Waals surface area contributed by atoms with Gasteiger partial charge in [-0.2, -0.15) is 5.10 Å². The zero-order chi connectivity index (χ0) is 19.4. The Balaban J connectivity index is 1.59. The first kappa shape index (κ1) is 19.6. The van der Waals surface area contributed by atoms with Crippen molar-refractivity contribution >= 4 is 27.8 Å². The molecule has 1 aliphatic heterocycles. The average Bonchev–Trinajstić information content (AvgIpc) is 3.06. The van der Waals surface area contributed by atoms with Gasteiger partial charge in [0.1, 0.15) is 5.69 Å². The second-order valence-electron chi connectivity index (χ2n) is 6.42. The molecule has 0 radical (unpaired) electrons. The smallest absolute Gasteiger partial charge is 0.356 e. The molecule has 7 nitrogen and oxygen atoms in total. The molecule has 144 valence electrons. The maximum Gasteiger partial charge on any atom is 0.356 e. The van der Waals surface area contributed by atoms with E-state index in [4.69, 9.17) is 4.74 Å². The zero-order valence-electron chi connectivity index (χ0n) is 15.5. The van der Waals surface area contributed by atoms with Crippen LogP contribution in [0.3, 0.4) is 0 Å². The second-order valence-corrected chi connectivity index (χ2v) is 7.27. The van der Waals surface area contributed by atoms with Gasteiger partial charge in [-0.1, -0.05) is 34.1 Å². The van der Waals surface area contributed by atoms with E-state index in [-0.39, 0.29) is 23.9 Å². The van der Waals surface area contributed by atoms with Crippen LogP contribution in [0.4, 0.5) is 0 Å². The van der Waals surface area contributed by atoms with Gasteiger partial charge in [0, 0.05) is 50.3 Å². The molecule has 0 atom stereocenters. The Morgan fingerprint density at radius 2 is 1.89 bits per heavy atom. The molecule has 0 spiro atoms. The summed E-state index contributed by atoms with van der Waals surface area (Å²) < 4.78 is 7.49. The minimum absolute atomic E-state index is 0.151. The molecule has 2 aromatic rings. The first-order valence-corrected chi connectivity index (χ1v) is 9.75. The number of nitrogens with zero attached hydrogens (tertiary/aromatic N) is 4. The summed E-state index contributed by atoms with van der Waals surface area (Å²) in [4.78, 5) is 28.8. The van der Waals surface area contributed by atoms with E-state index in [1.807, 2.05) is 18.2 Å². The van der Waals surface area contributed by atoms with Crippen LogP contribution in [0.15, 0.2) is 34.8 Å². The molecule has 1 aromatic carbocycles. The van der Waals surface area contributed by atoms with E-state index in [0.29, 0.717) is 13.1 Å². The standard InChI is InChI=1S/C19H23BrN4O3/c1-3-27-19(26)17-12-16(21-22(17)2)18(25)24-10-8-23(9-11-24)13-14-6-4-5-7-15(14)20/h4-7,12H,3,8-11,13H2,1-2H3. The van der Waals surface area contributed by atoms with Crippen LogP contribution in [0, 0.1) is 0 Å². The van der Waals surface area contributed by atoms with E-state index >= 15 is 0 Å². The summed E-state index contributed by atoms with van der Waals surface area (Å²) in [6.45, 7) is 5.74. The molecule has 8 heteroatoms. The lowest BCUT2D eigenvalue weighted by Gasteiger charge is -2.34. The van der Waals surface area contributed by atoms with Gasteiger partial charge in [0.15, 0.2) is 5.69 Å². The second kappa shape index (κ2) is 8.67. The number of hydrogen-bond acceptors (Lipinski definition) is 5. The number of carbonyl (C=O) groups is 2. The molecular weight excluding hydrogens is 412 g/mol. The molecule has 0 bridgehead atoms. The summed E-state index contributed by atoms with van der Waals surface area (Å²) in [5, 5.41) is 4.19. The van der Waals surface area contributed by atoms with Crippen molar-refractivity contribution in [1.82, 2.24) is 19.6 Å². The molecule has 2 heterocycles. The fourth-order valence-electron chi connectivity index (χ4n) is 3.11. The number of aromatic nitrogens is 2. The quantitative estimate of drug-likeness (QED) is 0.675. The largest absolute Gasteiger partial charge is 0.461 e. The molecule has 0 unspecified atom stereocenters. The Bertz CT molecular complexity index is 828. The minimum atomic E-state index is -0.468. The van der Waals surface area contributed by atoms with Crippen molar-refractivity contribution in [1.29, 1.82) is 0 Å². The van der Waals surface area contributed by atoms with Gasteiger partial charge in [0.2, 0.25) is 0 Å². The number of carbonyl (C=O) groups excluding carboxylic acids is 2. The van der Waals surface area contributed by atoms with Crippen molar-refractivity contribution in [3.8, 4) is 0 Å². The zero-order valence-corrected chi connectivity index (χ0v) is 17.1. The number of halogens is 1. The van der Waals surface area contributed by atoms with Crippen LogP contribution in [0.2, 0.25) is 0 Å². The van der Waals surface area contributed by atoms with Gasteiger partial charge in [0.05, 0.1) is 6.61 Å². The summed E-state index contributed by atoms with van der Waals surface area (Å²) in [5.41, 5.74) is 1.80. The summed E-state index contributed by atoms with van der Waals surface area (Å²) in [6, 6.07) is 9.68. The van der Waals surface area contributed by atoms with Crippen molar-refractivity contribution in [3.63, 3.8) is 0 Å². The normalized spacial score (nSPS) is 15.0. The predicted molar refractivity (Wildman–Crippen MR) is 104 cm³/mol. The Kier molecular flexibility index (Phi) is 6.28. The van der Waals surface area contributed by atoms with Crippen molar-refractivity contribution in [2.75, 3.05) is 32.8 Å². The van der Waals surface area contributed by atoms with E-state index in [9.17, 15) is 9.59 Å². The lowest BCUT2D eigenvalue weighted by Crippen LogP contribution is -2.48. The van der Waals surface area contributed by atoms with Gasteiger partial charge in [-0.3, -0.25) is 14.4 Å². The highest BCUT2D eigenvalue weighted by Crippen LogP contribution is 2.19. The number of benzene rings is 1. The highest BCUT2D eigenvalue weighted by molar-refractivity contribution is 9.10. The summed E-state index contributed by atoms with van der Waals surface area (Å²) in [5.74, 6) is -0.619. The molecule has 0 N–H and O–H groups in total. The molecular formula is C19H23BrN4O3. The van der Waals surface area contributed by atoms with Crippen molar-refractivity contribution in [2.24, 2.45) is 7.05 Å². The summed E-state index contributed by atoms with van der Waals surface area (Å²) in [7, 11) is 1.64. The Morgan fingerprint density at radius 3 is 2.56 bits per heavy atom. The third kappa shape index (κ3) is 4.56. The summed E-state index contributed by atoms with van der Waals surface area (Å²) in [6.07, 6.45) is 0. The molecule has 1 aromatic heterocycles. The van der Waals surface area contributed by atoms with Crippen LogP contribution in [0.5, 0.6) is 0 Å². The van der Waals surface area contributed by atoms with Crippen molar-refractivity contribution in [3.05, 3.63) is 51.8 Å². The first-order chi connectivity index (χ1) is 13.0. The minimum Gasteiger partial charge on any atom is -0.461 e. The topological polar surface area (TPSA) is 67.7 Å². The third-order valence-electron chi connectivity index (χ3n) is 4.59. The molecule has 1 saturated heterocycles. The maximum atomic E-state index is 12.7. The van der Waals surface area contributed by atoms with Crippen LogP contribution >= 0.6 is 15.9 Å². The number of hydrogen-bond donors (Lipinski definition) is 0. The van der Waals surface area contributed by atoms with E-state index in [1.54, 1.807) is 18.9 Å². The number of rotatable bonds is 5. The van der Waals surface area contributed by atoms with Gasteiger partial charge in [-0.05, 0) is 18.6 Å². The highest BCUT2D eigenvalue weighted by atomic mass is 79.9. The van der Waals surface area contributed by atoms with Crippen molar-refractivity contribution < 1.29 is 14.3 Å². The highest BCUT2D eigenvalue weighted by Gasteiger charge is 2.26. The van der Waals surface area contributed by atoms with E-state index in [2.05, 4.69) is 32.0 Å². The SMILES string of the molecule is CCOC(=O)c1cc(C(=O)N2CCN(Cc3ccccc3Br)CC2)nn1C. The average molecular weight is 435 g/mol. The third-order valence-corrected chi connectivity index (χ3v) is 5.37. The van der Waals surface area contributed by atoms with Crippen LogP contribution < -0.4 is 0 Å². The number of piperazine rings is 1. The lowest BCUT2D eigenvalue weighted by atomic mass is 10.2. The molecule has 1 aliphatic rings. The Hall–Kier alpha value is -2.19. The molecule has 27 heavy (non-hydrogen) atoms. The van der Waals surface area contributed by atoms with E-state index in [0.717, 1.165) is 24.1 Å². The van der Waals surface area contributed by atoms with E-state index in [1.165, 1.54) is 16.3 Å². The number of ether oxygens (including phenoxy) is 1. The lowest BCUT2D eigenvalue weighted by molar-refractivity contribution is 0.0513. The van der Waals surface area contributed by atoms with Gasteiger partial charge < -0.3 is 9.64 Å². The fraction of sp³-hybridized carbons (Fsp3) is 0.421. The Labute approximate surface area is 167 Å². The van der Waals surface area contributed by atoms with Crippen LogP contribution in [-0.4, -0.2) is 64.2 Å². The summed E-state index contributed by atoms with van der Waals surface area (Å²) >= 11 is 3.58. The van der Waals surface area contributed by atoms with Crippen LogP contribution in [0.1, 0.15) is 33.5 Å². The van der Waals surface area contributed by atoms with Crippen LogP contribution in [0.25, 0.3) is 0 Å². The van der Waals surface area contributed by atoms with Gasteiger partial charge in [-0.15, -0.1) is 0 Å². The van der Waals surface area contributed by atoms with Gasteiger partial charge in [-0.25, -0.2) is 4.79 Å².